The molecule has 0 amide bonds. The van der Waals surface area contributed by atoms with Gasteiger partial charge in [-0.05, 0) is 78.2 Å². The lowest BCUT2D eigenvalue weighted by Gasteiger charge is -2.35. The lowest BCUT2D eigenvalue weighted by atomic mass is 10.0. The highest BCUT2D eigenvalue weighted by atomic mass is 15.2. The second-order valence-electron chi connectivity index (χ2n) is 6.54. The smallest absolute Gasteiger partial charge is 0.0252 e. The monoisotopic (exact) mass is 251 g/mol. The molecule has 0 aromatic rings. The number of likely N-dealkylation sites (tertiary alicyclic amines) is 2. The lowest BCUT2D eigenvalue weighted by Crippen LogP contribution is -2.48. The predicted molar refractivity (Wildman–Crippen MR) is 75.9 cm³/mol. The van der Waals surface area contributed by atoms with Gasteiger partial charge in [0.15, 0.2) is 0 Å². The van der Waals surface area contributed by atoms with Gasteiger partial charge < -0.3 is 10.2 Å². The Bertz CT molecular complexity index is 262. The third-order valence-corrected chi connectivity index (χ3v) is 5.30. The quantitative estimate of drug-likeness (QED) is 0.806. The van der Waals surface area contributed by atoms with Crippen molar-refractivity contribution in [3.63, 3.8) is 0 Å². The molecule has 3 rings (SSSR count). The van der Waals surface area contributed by atoms with Crippen LogP contribution in [0.15, 0.2) is 0 Å². The molecule has 0 radical (unpaired) electrons. The van der Waals surface area contributed by atoms with Crippen molar-refractivity contribution in [2.75, 3.05) is 33.2 Å². The Morgan fingerprint density at radius 2 is 1.78 bits per heavy atom. The van der Waals surface area contributed by atoms with Crippen LogP contribution >= 0.6 is 0 Å². The summed E-state index contributed by atoms with van der Waals surface area (Å²) >= 11 is 0. The molecule has 3 nitrogen and oxygen atoms in total. The Hall–Kier alpha value is -0.120. The van der Waals surface area contributed by atoms with E-state index in [2.05, 4.69) is 22.2 Å². The third-order valence-electron chi connectivity index (χ3n) is 5.30. The van der Waals surface area contributed by atoms with E-state index < -0.39 is 0 Å². The van der Waals surface area contributed by atoms with Crippen LogP contribution in [0.1, 0.15) is 44.9 Å². The molecule has 0 saturated carbocycles. The number of nitrogens with one attached hydrogen (secondary N) is 1. The van der Waals surface area contributed by atoms with Gasteiger partial charge in [0.1, 0.15) is 0 Å². The minimum absolute atomic E-state index is 0.800. The average molecular weight is 251 g/mol. The van der Waals surface area contributed by atoms with Gasteiger partial charge in [0.05, 0.1) is 0 Å². The summed E-state index contributed by atoms with van der Waals surface area (Å²) in [5.41, 5.74) is 0. The normalized spacial score (nSPS) is 40.2. The van der Waals surface area contributed by atoms with Crippen LogP contribution < -0.4 is 5.32 Å². The molecule has 0 bridgehead atoms. The van der Waals surface area contributed by atoms with Gasteiger partial charge in [-0.1, -0.05) is 0 Å². The summed E-state index contributed by atoms with van der Waals surface area (Å²) in [6, 6.07) is 2.51. The van der Waals surface area contributed by atoms with Crippen LogP contribution in [-0.4, -0.2) is 61.2 Å². The highest BCUT2D eigenvalue weighted by Gasteiger charge is 2.36. The molecule has 0 spiro atoms. The Balaban J connectivity index is 1.62. The minimum Gasteiger partial charge on any atom is -0.312 e. The highest BCUT2D eigenvalue weighted by Crippen LogP contribution is 2.30. The first-order chi connectivity index (χ1) is 8.84. The van der Waals surface area contributed by atoms with Gasteiger partial charge in [-0.2, -0.15) is 0 Å². The van der Waals surface area contributed by atoms with Gasteiger partial charge in [-0.3, -0.25) is 4.90 Å². The van der Waals surface area contributed by atoms with E-state index in [1.165, 1.54) is 71.1 Å². The van der Waals surface area contributed by atoms with E-state index in [-0.39, 0.29) is 0 Å². The summed E-state index contributed by atoms with van der Waals surface area (Å²) < 4.78 is 0. The molecular weight excluding hydrogens is 222 g/mol. The van der Waals surface area contributed by atoms with Crippen LogP contribution in [-0.2, 0) is 0 Å². The zero-order chi connectivity index (χ0) is 12.4. The molecule has 3 atom stereocenters. The van der Waals surface area contributed by atoms with Gasteiger partial charge in [0.25, 0.3) is 0 Å². The molecule has 18 heavy (non-hydrogen) atoms. The summed E-state index contributed by atoms with van der Waals surface area (Å²) in [6.45, 7) is 5.21. The van der Waals surface area contributed by atoms with Crippen molar-refractivity contribution in [2.45, 2.75) is 63.1 Å². The molecule has 3 heteroatoms. The van der Waals surface area contributed by atoms with E-state index >= 15 is 0 Å². The molecule has 0 aromatic carbocycles. The van der Waals surface area contributed by atoms with Gasteiger partial charge in [0.2, 0.25) is 0 Å². The maximum atomic E-state index is 3.74. The van der Waals surface area contributed by atoms with E-state index in [1.54, 1.807) is 0 Å². The van der Waals surface area contributed by atoms with E-state index in [4.69, 9.17) is 0 Å². The highest BCUT2D eigenvalue weighted by molar-refractivity contribution is 4.95. The fourth-order valence-corrected chi connectivity index (χ4v) is 4.29. The molecule has 3 aliphatic heterocycles. The number of hydrogen-bond donors (Lipinski definition) is 1. The SMILES string of the molecule is CN1CCCC(N2CCCC2C2CCCN2)CC1. The van der Waals surface area contributed by atoms with Crippen LogP contribution in [0.25, 0.3) is 0 Å². The summed E-state index contributed by atoms with van der Waals surface area (Å²) in [4.78, 5) is 5.39. The van der Waals surface area contributed by atoms with Crippen LogP contribution in [0.5, 0.6) is 0 Å². The van der Waals surface area contributed by atoms with E-state index in [9.17, 15) is 0 Å². The lowest BCUT2D eigenvalue weighted by molar-refractivity contribution is 0.139. The van der Waals surface area contributed by atoms with Crippen LogP contribution in [0.4, 0.5) is 0 Å². The molecule has 3 saturated heterocycles. The summed E-state index contributed by atoms with van der Waals surface area (Å²) in [5, 5.41) is 3.74. The van der Waals surface area contributed by atoms with Crippen molar-refractivity contribution in [3.05, 3.63) is 0 Å². The molecule has 0 aliphatic carbocycles. The van der Waals surface area contributed by atoms with Gasteiger partial charge in [0, 0.05) is 18.1 Å². The van der Waals surface area contributed by atoms with Gasteiger partial charge in [-0.25, -0.2) is 0 Å². The van der Waals surface area contributed by atoms with E-state index in [1.807, 2.05) is 0 Å². The maximum absolute atomic E-state index is 3.74. The fraction of sp³-hybridized carbons (Fsp3) is 1.00. The minimum atomic E-state index is 0.800. The van der Waals surface area contributed by atoms with Crippen molar-refractivity contribution < 1.29 is 0 Å². The molecular formula is C15H29N3. The molecule has 3 unspecified atom stereocenters. The van der Waals surface area contributed by atoms with E-state index in [0.29, 0.717) is 0 Å². The first-order valence-corrected chi connectivity index (χ1v) is 8.02. The Morgan fingerprint density at radius 3 is 2.61 bits per heavy atom. The van der Waals surface area contributed by atoms with Crippen molar-refractivity contribution >= 4 is 0 Å². The molecule has 3 fully saturated rings. The number of rotatable bonds is 2. The van der Waals surface area contributed by atoms with Crippen LogP contribution in [0.3, 0.4) is 0 Å². The summed E-state index contributed by atoms with van der Waals surface area (Å²) in [7, 11) is 2.28. The van der Waals surface area contributed by atoms with Gasteiger partial charge >= 0.3 is 0 Å². The van der Waals surface area contributed by atoms with Crippen molar-refractivity contribution in [2.24, 2.45) is 0 Å². The Labute approximate surface area is 112 Å². The average Bonchev–Trinajstić information content (AvgIpc) is 2.99. The first kappa shape index (κ1) is 12.9. The van der Waals surface area contributed by atoms with Crippen molar-refractivity contribution in [1.29, 1.82) is 0 Å². The molecule has 104 valence electrons. The molecule has 0 aromatic heterocycles. The first-order valence-electron chi connectivity index (χ1n) is 8.02. The Kier molecular flexibility index (Phi) is 4.22. The number of nitrogens with zero attached hydrogens (tertiary/aromatic N) is 2. The number of hydrogen-bond acceptors (Lipinski definition) is 3. The summed E-state index contributed by atoms with van der Waals surface area (Å²) in [5.74, 6) is 0. The largest absolute Gasteiger partial charge is 0.312 e. The maximum Gasteiger partial charge on any atom is 0.0252 e. The second-order valence-corrected chi connectivity index (χ2v) is 6.54. The predicted octanol–water partition coefficient (Wildman–Crippen LogP) is 1.69. The standard InChI is InChI=1S/C15H29N3/c1-17-10-3-5-13(8-12-17)18-11-4-7-15(18)14-6-2-9-16-14/h13-16H,2-12H2,1H3. The zero-order valence-corrected chi connectivity index (χ0v) is 11.9. The van der Waals surface area contributed by atoms with Gasteiger partial charge in [-0.15, -0.1) is 0 Å². The second kappa shape index (κ2) is 5.89. The summed E-state index contributed by atoms with van der Waals surface area (Å²) in [6.07, 6.45) is 9.87. The molecule has 1 N–H and O–H groups in total. The Morgan fingerprint density at radius 1 is 0.889 bits per heavy atom. The van der Waals surface area contributed by atoms with Crippen molar-refractivity contribution in [1.82, 2.24) is 15.1 Å². The molecule has 3 heterocycles. The van der Waals surface area contributed by atoms with Crippen LogP contribution in [0, 0.1) is 0 Å². The fourth-order valence-electron chi connectivity index (χ4n) is 4.29. The van der Waals surface area contributed by atoms with Crippen LogP contribution in [0.2, 0.25) is 0 Å². The van der Waals surface area contributed by atoms with Crippen molar-refractivity contribution in [3.8, 4) is 0 Å². The van der Waals surface area contributed by atoms with E-state index in [0.717, 1.165) is 18.1 Å². The zero-order valence-electron chi connectivity index (χ0n) is 11.9. The third kappa shape index (κ3) is 2.73. The topological polar surface area (TPSA) is 18.5 Å². The molecule has 3 aliphatic rings.